The van der Waals surface area contributed by atoms with Crippen LogP contribution in [0.2, 0.25) is 5.02 Å². The monoisotopic (exact) mass is 266 g/mol. The summed E-state index contributed by atoms with van der Waals surface area (Å²) in [6.45, 7) is 1.70. The molecule has 0 amide bonds. The van der Waals surface area contributed by atoms with E-state index < -0.39 is 0 Å². The fraction of sp³-hybridized carbons (Fsp3) is 0.143. The number of hydrogen-bond donors (Lipinski definition) is 1. The third-order valence-corrected chi connectivity index (χ3v) is 2.92. The van der Waals surface area contributed by atoms with Crippen LogP contribution in [0.3, 0.4) is 0 Å². The summed E-state index contributed by atoms with van der Waals surface area (Å²) in [7, 11) is 0. The Morgan fingerprint density at radius 3 is 2.67 bits per heavy atom. The van der Waals surface area contributed by atoms with Crippen LogP contribution in [0.1, 0.15) is 11.1 Å². The number of hydrogen-bond acceptors (Lipinski definition) is 2. The molecule has 4 heteroatoms. The molecule has 2 aromatic rings. The van der Waals surface area contributed by atoms with Gasteiger partial charge in [0.25, 0.3) is 0 Å². The van der Waals surface area contributed by atoms with Crippen molar-refractivity contribution in [3.63, 3.8) is 0 Å². The molecule has 0 aromatic heterocycles. The second-order valence-electron chi connectivity index (χ2n) is 3.92. The van der Waals surface area contributed by atoms with Gasteiger partial charge in [-0.3, -0.25) is 0 Å². The summed E-state index contributed by atoms with van der Waals surface area (Å²) in [4.78, 5) is 0. The Labute approximate surface area is 110 Å². The lowest BCUT2D eigenvalue weighted by Gasteiger charge is -2.10. The van der Waals surface area contributed by atoms with Crippen molar-refractivity contribution in [2.75, 3.05) is 0 Å². The molecule has 94 valence electrons. The van der Waals surface area contributed by atoms with Gasteiger partial charge in [0.2, 0.25) is 0 Å². The summed E-state index contributed by atoms with van der Waals surface area (Å²) in [5.41, 5.74) is 1.46. The van der Waals surface area contributed by atoms with Crippen molar-refractivity contribution in [3.05, 3.63) is 58.4 Å². The highest BCUT2D eigenvalue weighted by atomic mass is 35.5. The molecule has 0 bridgehead atoms. The molecule has 0 atom stereocenters. The Bertz CT molecular complexity index is 570. The van der Waals surface area contributed by atoms with Crippen molar-refractivity contribution in [1.29, 1.82) is 0 Å². The van der Waals surface area contributed by atoms with E-state index in [1.165, 1.54) is 12.1 Å². The maximum Gasteiger partial charge on any atom is 0.133 e. The molecule has 2 nitrogen and oxygen atoms in total. The molecule has 0 saturated heterocycles. The highest BCUT2D eigenvalue weighted by molar-refractivity contribution is 6.31. The number of rotatable bonds is 3. The molecule has 1 N–H and O–H groups in total. The van der Waals surface area contributed by atoms with Gasteiger partial charge < -0.3 is 9.84 Å². The normalized spacial score (nSPS) is 10.4. The zero-order chi connectivity index (χ0) is 13.1. The van der Waals surface area contributed by atoms with Crippen LogP contribution in [0.15, 0.2) is 36.4 Å². The van der Waals surface area contributed by atoms with Crippen molar-refractivity contribution < 1.29 is 14.2 Å². The van der Waals surface area contributed by atoms with Gasteiger partial charge in [-0.25, -0.2) is 4.39 Å². The molecule has 0 aliphatic heterocycles. The Hall–Kier alpha value is -1.58. The maximum atomic E-state index is 13.1. The fourth-order valence-electron chi connectivity index (χ4n) is 1.53. The molecule has 2 rings (SSSR count). The van der Waals surface area contributed by atoms with Crippen LogP contribution in [0.25, 0.3) is 0 Å². The predicted octanol–water partition coefficient (Wildman–Crippen LogP) is 4.07. The van der Waals surface area contributed by atoms with Crippen molar-refractivity contribution in [2.45, 2.75) is 13.5 Å². The first kappa shape index (κ1) is 12.9. The number of ether oxygens (including phenoxy) is 1. The van der Waals surface area contributed by atoms with E-state index in [1.807, 2.05) is 6.92 Å². The molecule has 18 heavy (non-hydrogen) atoms. The van der Waals surface area contributed by atoms with Crippen molar-refractivity contribution in [2.24, 2.45) is 0 Å². The average Bonchev–Trinajstić information content (AvgIpc) is 2.34. The van der Waals surface area contributed by atoms with Crippen LogP contribution in [0.4, 0.5) is 4.39 Å². The van der Waals surface area contributed by atoms with E-state index in [2.05, 4.69) is 0 Å². The van der Waals surface area contributed by atoms with Gasteiger partial charge in [0.1, 0.15) is 17.3 Å². The van der Waals surface area contributed by atoms with Gasteiger partial charge in [0.05, 0.1) is 6.61 Å². The van der Waals surface area contributed by atoms with Crippen LogP contribution in [0, 0.1) is 12.7 Å². The van der Waals surface area contributed by atoms with Crippen molar-refractivity contribution in [3.8, 4) is 11.5 Å². The molecular weight excluding hydrogens is 255 g/mol. The maximum absolute atomic E-state index is 13.1. The van der Waals surface area contributed by atoms with Gasteiger partial charge in [-0.1, -0.05) is 23.7 Å². The summed E-state index contributed by atoms with van der Waals surface area (Å²) < 4.78 is 18.7. The number of aliphatic hydroxyl groups is 1. The molecule has 2 aromatic carbocycles. The Morgan fingerprint density at radius 2 is 2.00 bits per heavy atom. The summed E-state index contributed by atoms with van der Waals surface area (Å²) in [5.74, 6) is 0.599. The van der Waals surface area contributed by atoms with E-state index in [-0.39, 0.29) is 12.4 Å². The summed E-state index contributed by atoms with van der Waals surface area (Å²) in [6.07, 6.45) is 0. The minimum absolute atomic E-state index is 0.127. The molecule has 0 aliphatic carbocycles. The Balaban J connectivity index is 2.28. The molecule has 0 aliphatic rings. The first-order valence-electron chi connectivity index (χ1n) is 5.43. The van der Waals surface area contributed by atoms with E-state index in [4.69, 9.17) is 21.4 Å². The number of aryl methyl sites for hydroxylation is 1. The van der Waals surface area contributed by atoms with Gasteiger partial charge in [-0.05, 0) is 36.2 Å². The van der Waals surface area contributed by atoms with E-state index in [9.17, 15) is 4.39 Å². The lowest BCUT2D eigenvalue weighted by molar-refractivity contribution is 0.282. The van der Waals surface area contributed by atoms with Crippen LogP contribution in [-0.2, 0) is 6.61 Å². The third-order valence-electron chi connectivity index (χ3n) is 2.57. The molecule has 0 spiro atoms. The molecule has 0 fully saturated rings. The van der Waals surface area contributed by atoms with Gasteiger partial charge >= 0.3 is 0 Å². The minimum atomic E-state index is -0.353. The first-order chi connectivity index (χ1) is 8.60. The van der Waals surface area contributed by atoms with Crippen LogP contribution in [-0.4, -0.2) is 5.11 Å². The van der Waals surface area contributed by atoms with E-state index in [1.54, 1.807) is 24.3 Å². The van der Waals surface area contributed by atoms with Crippen LogP contribution in [0.5, 0.6) is 11.5 Å². The lowest BCUT2D eigenvalue weighted by Crippen LogP contribution is -1.91. The topological polar surface area (TPSA) is 29.5 Å². The van der Waals surface area contributed by atoms with Gasteiger partial charge in [-0.2, -0.15) is 0 Å². The number of aliphatic hydroxyl groups excluding tert-OH is 1. The van der Waals surface area contributed by atoms with Crippen LogP contribution < -0.4 is 4.74 Å². The largest absolute Gasteiger partial charge is 0.457 e. The number of halogens is 2. The molecular formula is C14H12ClFO2. The predicted molar refractivity (Wildman–Crippen MR) is 68.6 cm³/mol. The number of benzene rings is 2. The van der Waals surface area contributed by atoms with E-state index in [0.29, 0.717) is 22.1 Å². The zero-order valence-corrected chi connectivity index (χ0v) is 10.5. The molecule has 0 unspecified atom stereocenters. The molecule has 0 radical (unpaired) electrons. The minimum Gasteiger partial charge on any atom is -0.457 e. The second-order valence-corrected chi connectivity index (χ2v) is 4.33. The molecule has 0 heterocycles. The van der Waals surface area contributed by atoms with Gasteiger partial charge in [0.15, 0.2) is 0 Å². The van der Waals surface area contributed by atoms with Gasteiger partial charge in [-0.15, -0.1) is 0 Å². The summed E-state index contributed by atoms with van der Waals surface area (Å²) in [5, 5.41) is 9.43. The molecule has 0 saturated carbocycles. The standard InChI is InChI=1S/C14H12ClFO2/c1-9-2-4-11(16)6-14(9)18-12-5-3-10(8-17)13(15)7-12/h2-7,17H,8H2,1H3. The van der Waals surface area contributed by atoms with Crippen molar-refractivity contribution >= 4 is 11.6 Å². The quantitative estimate of drug-likeness (QED) is 0.907. The lowest BCUT2D eigenvalue weighted by atomic mass is 10.2. The Kier molecular flexibility index (Phi) is 3.84. The SMILES string of the molecule is Cc1ccc(F)cc1Oc1ccc(CO)c(Cl)c1. The second kappa shape index (κ2) is 5.38. The van der Waals surface area contributed by atoms with Crippen LogP contribution >= 0.6 is 11.6 Å². The fourth-order valence-corrected chi connectivity index (χ4v) is 1.76. The summed E-state index contributed by atoms with van der Waals surface area (Å²) >= 11 is 5.95. The van der Waals surface area contributed by atoms with Crippen molar-refractivity contribution in [1.82, 2.24) is 0 Å². The summed E-state index contributed by atoms with van der Waals surface area (Å²) in [6, 6.07) is 9.30. The Morgan fingerprint density at radius 1 is 1.22 bits per heavy atom. The third kappa shape index (κ3) is 2.81. The van der Waals surface area contributed by atoms with Gasteiger partial charge in [0, 0.05) is 11.1 Å². The zero-order valence-electron chi connectivity index (χ0n) is 9.78. The van der Waals surface area contributed by atoms with E-state index >= 15 is 0 Å². The van der Waals surface area contributed by atoms with E-state index in [0.717, 1.165) is 5.56 Å². The highest BCUT2D eigenvalue weighted by Crippen LogP contribution is 2.29. The average molecular weight is 267 g/mol. The first-order valence-corrected chi connectivity index (χ1v) is 5.81. The smallest absolute Gasteiger partial charge is 0.133 e. The highest BCUT2D eigenvalue weighted by Gasteiger charge is 2.06.